The van der Waals surface area contributed by atoms with Crippen molar-refractivity contribution >= 4 is 64.2 Å². The molecule has 3 saturated heterocycles. The van der Waals surface area contributed by atoms with Crippen LogP contribution < -0.4 is 11.5 Å². The number of likely N-dealkylation sites (tertiary alicyclic amines) is 3. The maximum atomic E-state index is 13.4. The second-order valence-corrected chi connectivity index (χ2v) is 40.1. The molecule has 0 radical (unpaired) electrons. The molecule has 6 aromatic rings. The molecule has 0 aromatic heterocycles. The maximum absolute atomic E-state index is 13.4. The van der Waals surface area contributed by atoms with Crippen LogP contribution in [-0.4, -0.2) is 173 Å². The fourth-order valence-corrected chi connectivity index (χ4v) is 18.9. The quantitative estimate of drug-likeness (QED) is 0.0475. The number of ether oxygens (including phenoxy) is 3. The van der Waals surface area contributed by atoms with Crippen molar-refractivity contribution in [1.29, 1.82) is 0 Å². The Labute approximate surface area is 818 Å². The predicted molar refractivity (Wildman–Crippen MR) is 558 cm³/mol. The second-order valence-electron chi connectivity index (χ2n) is 40.1. The highest BCUT2D eigenvalue weighted by Gasteiger charge is 2.37. The monoisotopic (exact) mass is 1860 g/mol. The third-order valence-corrected chi connectivity index (χ3v) is 27.5. The Morgan fingerprint density at radius 1 is 0.346 bits per heavy atom. The Morgan fingerprint density at radius 2 is 0.669 bits per heavy atom. The van der Waals surface area contributed by atoms with Gasteiger partial charge in [0.1, 0.15) is 17.8 Å². The zero-order chi connectivity index (χ0) is 99.0. The minimum absolute atomic E-state index is 0.137. The summed E-state index contributed by atoms with van der Waals surface area (Å²) in [5.74, 6) is 0.906. The number of amides is 5. The largest absolute Gasteiger partial charge is 0.445 e. The molecule has 0 unspecified atom stereocenters. The first kappa shape index (κ1) is 111. The first-order chi connectivity index (χ1) is 65.4. The van der Waals surface area contributed by atoms with Crippen LogP contribution in [0.1, 0.15) is 387 Å². The van der Waals surface area contributed by atoms with Crippen LogP contribution in [-0.2, 0) is 53.2 Å². The van der Waals surface area contributed by atoms with E-state index in [9.17, 15) is 38.4 Å². The Kier molecular flexibility index (Phi) is 46.6. The van der Waals surface area contributed by atoms with E-state index in [2.05, 4.69) is 106 Å². The van der Waals surface area contributed by atoms with Crippen LogP contribution in [0.25, 0.3) is 16.7 Å². The van der Waals surface area contributed by atoms with E-state index >= 15 is 0 Å². The number of fused-ring (bicyclic) bond motifs is 6. The summed E-state index contributed by atoms with van der Waals surface area (Å²) in [7, 11) is 0. The summed E-state index contributed by atoms with van der Waals surface area (Å²) in [5, 5.41) is 0. The molecular weight excluding hydrogens is 1690 g/mol. The van der Waals surface area contributed by atoms with Crippen molar-refractivity contribution in [3.8, 4) is 0 Å². The molecule has 5 amide bonds. The van der Waals surface area contributed by atoms with Gasteiger partial charge in [0.05, 0.1) is 0 Å². The molecule has 744 valence electrons. The van der Waals surface area contributed by atoms with Crippen LogP contribution in [0.4, 0.5) is 14.4 Å². The minimum Gasteiger partial charge on any atom is -0.445 e. The van der Waals surface area contributed by atoms with Crippen molar-refractivity contribution in [3.05, 3.63) is 228 Å². The lowest BCUT2D eigenvalue weighted by Gasteiger charge is -2.39. The molecule has 4 aliphatic carbocycles. The van der Waals surface area contributed by atoms with Crippen LogP contribution in [0.5, 0.6) is 0 Å². The van der Waals surface area contributed by atoms with Crippen LogP contribution in [0.2, 0.25) is 0 Å². The highest BCUT2D eigenvalue weighted by Crippen LogP contribution is 2.43. The molecule has 136 heavy (non-hydrogen) atoms. The van der Waals surface area contributed by atoms with Gasteiger partial charge in [0.25, 0.3) is 0 Å². The molecule has 19 heteroatoms. The van der Waals surface area contributed by atoms with Gasteiger partial charge in [-0.25, -0.2) is 14.4 Å². The van der Waals surface area contributed by atoms with Crippen molar-refractivity contribution in [3.63, 3.8) is 0 Å². The van der Waals surface area contributed by atoms with Crippen LogP contribution in [0, 0.1) is 17.8 Å². The number of primary amides is 2. The summed E-state index contributed by atoms with van der Waals surface area (Å²) in [6.45, 7) is 48.4. The smallest absolute Gasteiger partial charge is 0.410 e. The number of Topliss-reactive ketones (excluding diaryl/α,β-unsaturated/α-hetero) is 3. The SMILES string of the molecule is CC.CC.CC(C)(C)OC(=O)N1CCC(CC(=O)c2ccc3c(c2)C2=C(CCN(C(=O)OCc4ccccc4)C2)C3)CC1.CC(C)(C)OC(=O)N1CCC(CC(=O)c2ccc3c(c2)C2=C(CCN(Cc4ccc(C(N)=O)cc4)C2)C3)CC1.CCCC.CCCC.CCCC.CCCC.NC(=O)c1ccc(CN2CCC3=C(C2)c2cc(C(=O)CC4CCN(C5CCCCC5)CC4)ccc2C3)cc1. The molecule has 4 N–H and O–H groups in total. The molecule has 0 atom stereocenters. The van der Waals surface area contributed by atoms with E-state index in [1.807, 2.05) is 154 Å². The number of ketones is 3. The number of hydrogen-bond acceptors (Lipinski definition) is 14. The van der Waals surface area contributed by atoms with Crippen LogP contribution in [0.15, 0.2) is 150 Å². The van der Waals surface area contributed by atoms with Gasteiger partial charge in [-0.15, -0.1) is 0 Å². The van der Waals surface area contributed by atoms with E-state index in [0.717, 1.165) is 161 Å². The molecule has 19 nitrogen and oxygen atoms in total. The highest BCUT2D eigenvalue weighted by atomic mass is 16.6. The zero-order valence-electron chi connectivity index (χ0n) is 86.7. The number of benzene rings is 6. The molecule has 6 aromatic carbocycles. The zero-order valence-corrected chi connectivity index (χ0v) is 86.7. The summed E-state index contributed by atoms with van der Waals surface area (Å²) in [6, 6.07) is 44.4. The number of piperidine rings is 3. The van der Waals surface area contributed by atoms with Crippen molar-refractivity contribution in [1.82, 2.24) is 29.4 Å². The first-order valence-corrected chi connectivity index (χ1v) is 52.4. The van der Waals surface area contributed by atoms with Gasteiger partial charge in [0.15, 0.2) is 17.3 Å². The summed E-state index contributed by atoms with van der Waals surface area (Å²) >= 11 is 0. The van der Waals surface area contributed by atoms with Crippen LogP contribution >= 0.6 is 0 Å². The molecule has 1 saturated carbocycles. The number of carbonyl (C=O) groups is 8. The highest BCUT2D eigenvalue weighted by molar-refractivity contribution is 6.00. The number of nitrogens with two attached hydrogens (primary N) is 2. The molecule has 10 aliphatic rings. The van der Waals surface area contributed by atoms with Gasteiger partial charge in [-0.3, -0.25) is 33.8 Å². The van der Waals surface area contributed by atoms with Crippen molar-refractivity contribution in [2.75, 3.05) is 78.5 Å². The lowest BCUT2D eigenvalue weighted by molar-refractivity contribution is 0.0171. The van der Waals surface area contributed by atoms with Gasteiger partial charge in [-0.1, -0.05) is 261 Å². The summed E-state index contributed by atoms with van der Waals surface area (Å²) in [5.41, 5.74) is 32.4. The van der Waals surface area contributed by atoms with Gasteiger partial charge in [-0.2, -0.15) is 0 Å². The number of rotatable bonds is 22. The standard InChI is InChI=1S/C33H41N3O2.C32H39N3O4.C32H38N2O5.4C4H10.2C2H6/c34-33(38)25-8-6-24(7-9-25)21-35-15-14-27-19-26-10-11-28(20-30(26)31(27)22-35)32(37)18-23-12-16-36(17-13-23)29-4-2-1-3-5-29;1-32(2,3)39-31(38)35-14-10-21(11-15-35)16-29(36)26-9-8-24-17-25-12-13-34(20-28(25)27(24)18-26)19-22-4-6-23(7-5-22)30(33)37;1-32(2,3)39-31(37)33-14-11-22(12-15-33)17-29(35)26-10-9-24-18-25-13-16-34(20-28(25)27(24)19-26)30(36)38-21-23-7-5-4-6-8-23;4*1-3-4-2;2*1-2/h6-11,20,23,29H,1-5,12-19,21-22H2,(H2,34,38);4-9,18,21H,10-17,19-20H2,1-3H3,(H2,33,37);4-10,19,22H,11-18,20-21H2,1-3H3;4*3-4H2,1-2H3;2*1-2H3. The number of hydrogen-bond donors (Lipinski definition) is 2. The van der Waals surface area contributed by atoms with E-state index in [-0.39, 0.29) is 54.2 Å². The van der Waals surface area contributed by atoms with E-state index in [4.69, 9.17) is 25.7 Å². The average Bonchev–Trinajstić information content (AvgIpc) is 1.63. The van der Waals surface area contributed by atoms with Crippen molar-refractivity contribution < 1.29 is 52.6 Å². The minimum atomic E-state index is -0.509. The fourth-order valence-electron chi connectivity index (χ4n) is 18.9. The Morgan fingerprint density at radius 3 is 1.00 bits per heavy atom. The Hall–Kier alpha value is -9.82. The Bertz CT molecular complexity index is 4860. The predicted octanol–water partition coefficient (Wildman–Crippen LogP) is 26.4. The van der Waals surface area contributed by atoms with Gasteiger partial charge in [-0.05, 0) is 272 Å². The normalized spacial score (nSPS) is 17.1. The van der Waals surface area contributed by atoms with E-state index in [1.54, 1.807) is 32.4 Å². The maximum Gasteiger partial charge on any atom is 0.410 e. The van der Waals surface area contributed by atoms with Crippen LogP contribution in [0.3, 0.4) is 0 Å². The number of carbonyl (C=O) groups excluding carboxylic acids is 8. The summed E-state index contributed by atoms with van der Waals surface area (Å²) in [6.07, 6.45) is 29.7. The van der Waals surface area contributed by atoms with Gasteiger partial charge in [0, 0.05) is 132 Å². The molecular formula is C117H170N8O11. The molecule has 16 rings (SSSR count). The van der Waals surface area contributed by atoms with E-state index < -0.39 is 17.1 Å². The third kappa shape index (κ3) is 34.7. The lowest BCUT2D eigenvalue weighted by atomic mass is 9.86. The lowest BCUT2D eigenvalue weighted by Crippen LogP contribution is -2.42. The topological polar surface area (TPSA) is 236 Å². The number of nitrogens with zero attached hydrogens (tertiary/aromatic N) is 6. The summed E-state index contributed by atoms with van der Waals surface area (Å²) < 4.78 is 16.6. The van der Waals surface area contributed by atoms with Gasteiger partial charge in [0.2, 0.25) is 11.8 Å². The van der Waals surface area contributed by atoms with Crippen molar-refractivity contribution in [2.45, 2.75) is 341 Å². The van der Waals surface area contributed by atoms with Gasteiger partial charge >= 0.3 is 18.3 Å². The molecule has 6 heterocycles. The van der Waals surface area contributed by atoms with Crippen molar-refractivity contribution in [2.24, 2.45) is 29.2 Å². The molecule has 6 aliphatic heterocycles. The average molecular weight is 1860 g/mol. The Balaban J connectivity index is 0.000000227. The second kappa shape index (κ2) is 56.9. The first-order valence-electron chi connectivity index (χ1n) is 52.4. The van der Waals surface area contributed by atoms with E-state index in [0.29, 0.717) is 81.4 Å². The van der Waals surface area contributed by atoms with E-state index in [1.165, 1.54) is 152 Å². The summed E-state index contributed by atoms with van der Waals surface area (Å²) in [4.78, 5) is 113. The molecule has 0 bridgehead atoms. The fraction of sp³-hybridized carbons (Fsp3) is 0.573. The third-order valence-electron chi connectivity index (χ3n) is 27.5. The van der Waals surface area contributed by atoms with Gasteiger partial charge < -0.3 is 45.3 Å². The number of unbranched alkanes of at least 4 members (excludes halogenated alkanes) is 4. The molecule has 4 fully saturated rings. The molecule has 0 spiro atoms.